The van der Waals surface area contributed by atoms with Crippen LogP contribution in [0.5, 0.6) is 0 Å². The van der Waals surface area contributed by atoms with Crippen LogP contribution in [0.1, 0.15) is 17.0 Å². The fourth-order valence-corrected chi connectivity index (χ4v) is 1.95. The Kier molecular flexibility index (Phi) is 4.42. The highest BCUT2D eigenvalue weighted by Gasteiger charge is 2.15. The first-order valence-electron chi connectivity index (χ1n) is 6.47. The molecule has 5 heteroatoms. The number of nitrogens with zero attached hydrogens (tertiary/aromatic N) is 2. The van der Waals surface area contributed by atoms with Gasteiger partial charge < -0.3 is 5.73 Å². The lowest BCUT2D eigenvalue weighted by atomic mass is 10.1. The molecule has 0 spiro atoms. The smallest absolute Gasteiger partial charge is 0.243 e. The number of aromatic nitrogens is 2. The van der Waals surface area contributed by atoms with Gasteiger partial charge in [-0.2, -0.15) is 0 Å². The summed E-state index contributed by atoms with van der Waals surface area (Å²) < 4.78 is 0. The van der Waals surface area contributed by atoms with Crippen LogP contribution in [0.3, 0.4) is 0 Å². The van der Waals surface area contributed by atoms with Gasteiger partial charge >= 0.3 is 0 Å². The van der Waals surface area contributed by atoms with Crippen LogP contribution in [0.2, 0.25) is 0 Å². The molecule has 3 N–H and O–H groups in total. The number of amides is 1. The first kappa shape index (κ1) is 14.1. The Morgan fingerprint density at radius 1 is 1.20 bits per heavy atom. The molecule has 0 aliphatic carbocycles. The Morgan fingerprint density at radius 3 is 2.40 bits per heavy atom. The molecule has 0 aliphatic rings. The van der Waals surface area contributed by atoms with E-state index in [0.717, 1.165) is 17.0 Å². The van der Waals surface area contributed by atoms with Crippen LogP contribution in [-0.4, -0.2) is 21.9 Å². The fourth-order valence-electron chi connectivity index (χ4n) is 1.95. The van der Waals surface area contributed by atoms with E-state index in [1.54, 1.807) is 0 Å². The van der Waals surface area contributed by atoms with Crippen molar-refractivity contribution >= 4 is 11.9 Å². The number of rotatable bonds is 4. The topological polar surface area (TPSA) is 80.9 Å². The minimum atomic E-state index is -0.623. The molecule has 0 aliphatic heterocycles. The number of aryl methyl sites for hydroxylation is 2. The molecule has 1 aromatic carbocycles. The van der Waals surface area contributed by atoms with Crippen molar-refractivity contribution in [3.63, 3.8) is 0 Å². The van der Waals surface area contributed by atoms with Crippen LogP contribution in [0.25, 0.3) is 0 Å². The van der Waals surface area contributed by atoms with E-state index in [1.165, 1.54) is 0 Å². The number of hydrogen-bond donors (Lipinski definition) is 2. The molecule has 2 rings (SSSR count). The molecule has 1 heterocycles. The zero-order chi connectivity index (χ0) is 14.5. The maximum absolute atomic E-state index is 12.0. The van der Waals surface area contributed by atoms with Crippen LogP contribution in [0.4, 0.5) is 5.95 Å². The monoisotopic (exact) mass is 270 g/mol. The molecule has 0 saturated carbocycles. The highest BCUT2D eigenvalue weighted by Crippen LogP contribution is 2.06. The van der Waals surface area contributed by atoms with Crippen molar-refractivity contribution in [2.75, 3.05) is 5.32 Å². The van der Waals surface area contributed by atoms with Gasteiger partial charge in [0.25, 0.3) is 0 Å². The Morgan fingerprint density at radius 2 is 1.80 bits per heavy atom. The normalized spacial score (nSPS) is 11.9. The lowest BCUT2D eigenvalue weighted by Crippen LogP contribution is -2.37. The second kappa shape index (κ2) is 6.25. The van der Waals surface area contributed by atoms with Crippen molar-refractivity contribution in [3.05, 3.63) is 53.3 Å². The summed E-state index contributed by atoms with van der Waals surface area (Å²) >= 11 is 0. The van der Waals surface area contributed by atoms with Crippen molar-refractivity contribution in [2.45, 2.75) is 26.3 Å². The molecular weight excluding hydrogens is 252 g/mol. The van der Waals surface area contributed by atoms with Gasteiger partial charge in [0.05, 0.1) is 6.04 Å². The van der Waals surface area contributed by atoms with Gasteiger partial charge in [0.2, 0.25) is 11.9 Å². The number of nitrogens with two attached hydrogens (primary N) is 1. The Bertz CT molecular complexity index is 578. The third-order valence-electron chi connectivity index (χ3n) is 2.85. The van der Waals surface area contributed by atoms with E-state index in [0.29, 0.717) is 12.4 Å². The Hall–Kier alpha value is -2.27. The molecule has 20 heavy (non-hydrogen) atoms. The summed E-state index contributed by atoms with van der Waals surface area (Å²) in [5, 5.41) is 2.66. The average Bonchev–Trinajstić information content (AvgIpc) is 2.38. The van der Waals surface area contributed by atoms with E-state index < -0.39 is 6.04 Å². The second-order valence-corrected chi connectivity index (χ2v) is 4.76. The SMILES string of the molecule is Cc1cc(C)nc(NC(=O)[C@@H](N)Cc2ccccc2)n1. The molecule has 1 aromatic heterocycles. The number of carbonyl (C=O) groups is 1. The van der Waals surface area contributed by atoms with Gasteiger partial charge in [-0.25, -0.2) is 9.97 Å². The Labute approximate surface area is 118 Å². The fraction of sp³-hybridized carbons (Fsp3) is 0.267. The molecule has 1 amide bonds. The van der Waals surface area contributed by atoms with Gasteiger partial charge in [0.15, 0.2) is 0 Å². The van der Waals surface area contributed by atoms with Crippen LogP contribution >= 0.6 is 0 Å². The van der Waals surface area contributed by atoms with E-state index in [2.05, 4.69) is 15.3 Å². The highest BCUT2D eigenvalue weighted by atomic mass is 16.2. The predicted octanol–water partition coefficient (Wildman–Crippen LogP) is 1.60. The largest absolute Gasteiger partial charge is 0.320 e. The van der Waals surface area contributed by atoms with Gasteiger partial charge in [-0.1, -0.05) is 30.3 Å². The van der Waals surface area contributed by atoms with Gasteiger partial charge in [0, 0.05) is 11.4 Å². The quantitative estimate of drug-likeness (QED) is 0.884. The number of hydrogen-bond acceptors (Lipinski definition) is 4. The minimum Gasteiger partial charge on any atom is -0.320 e. The zero-order valence-electron chi connectivity index (χ0n) is 11.6. The van der Waals surface area contributed by atoms with Gasteiger partial charge in [-0.05, 0) is 31.9 Å². The second-order valence-electron chi connectivity index (χ2n) is 4.76. The molecule has 5 nitrogen and oxygen atoms in total. The van der Waals surface area contributed by atoms with Crippen LogP contribution in [-0.2, 0) is 11.2 Å². The summed E-state index contributed by atoms with van der Waals surface area (Å²) in [5.74, 6) is 0.0230. The number of anilines is 1. The summed E-state index contributed by atoms with van der Waals surface area (Å²) in [6.07, 6.45) is 0.484. The minimum absolute atomic E-state index is 0.279. The van der Waals surface area contributed by atoms with E-state index in [1.807, 2.05) is 50.2 Å². The first-order chi connectivity index (χ1) is 9.54. The van der Waals surface area contributed by atoms with E-state index >= 15 is 0 Å². The molecule has 104 valence electrons. The predicted molar refractivity (Wildman–Crippen MR) is 78.3 cm³/mol. The van der Waals surface area contributed by atoms with Crippen LogP contribution in [0.15, 0.2) is 36.4 Å². The molecule has 1 atom stereocenters. The van der Waals surface area contributed by atoms with Crippen LogP contribution < -0.4 is 11.1 Å². The van der Waals surface area contributed by atoms with Crippen molar-refractivity contribution in [2.24, 2.45) is 5.73 Å². The molecule has 2 aromatic rings. The third-order valence-corrected chi connectivity index (χ3v) is 2.85. The summed E-state index contributed by atoms with van der Waals surface area (Å²) in [5.41, 5.74) is 8.55. The number of nitrogens with one attached hydrogen (secondary N) is 1. The van der Waals surface area contributed by atoms with Crippen molar-refractivity contribution in [1.82, 2.24) is 9.97 Å². The molecule has 0 bridgehead atoms. The first-order valence-corrected chi connectivity index (χ1v) is 6.47. The lowest BCUT2D eigenvalue weighted by Gasteiger charge is -2.12. The lowest BCUT2D eigenvalue weighted by molar-refractivity contribution is -0.117. The number of benzene rings is 1. The number of carbonyl (C=O) groups excluding carboxylic acids is 1. The van der Waals surface area contributed by atoms with Gasteiger partial charge in [-0.15, -0.1) is 0 Å². The molecule has 0 fully saturated rings. The summed E-state index contributed by atoms with van der Waals surface area (Å²) in [6.45, 7) is 3.71. The maximum Gasteiger partial charge on any atom is 0.243 e. The van der Waals surface area contributed by atoms with Gasteiger partial charge in [-0.3, -0.25) is 10.1 Å². The highest BCUT2D eigenvalue weighted by molar-refractivity contribution is 5.93. The maximum atomic E-state index is 12.0. The molecular formula is C15H18N4O. The summed E-state index contributed by atoms with van der Waals surface area (Å²) in [6, 6.07) is 10.9. The van der Waals surface area contributed by atoms with Gasteiger partial charge in [0.1, 0.15) is 0 Å². The average molecular weight is 270 g/mol. The van der Waals surface area contributed by atoms with E-state index in [9.17, 15) is 4.79 Å². The van der Waals surface area contributed by atoms with Crippen molar-refractivity contribution < 1.29 is 4.79 Å². The third kappa shape index (κ3) is 3.86. The van der Waals surface area contributed by atoms with Crippen molar-refractivity contribution in [1.29, 1.82) is 0 Å². The van der Waals surface area contributed by atoms with Crippen molar-refractivity contribution in [3.8, 4) is 0 Å². The molecule has 0 radical (unpaired) electrons. The standard InChI is InChI=1S/C15H18N4O/c1-10-8-11(2)18-15(17-10)19-14(20)13(16)9-12-6-4-3-5-7-12/h3-8,13H,9,16H2,1-2H3,(H,17,18,19,20)/t13-/m0/s1. The summed E-state index contributed by atoms with van der Waals surface area (Å²) in [7, 11) is 0. The Balaban J connectivity index is 2.00. The van der Waals surface area contributed by atoms with E-state index in [4.69, 9.17) is 5.73 Å². The summed E-state index contributed by atoms with van der Waals surface area (Å²) in [4.78, 5) is 20.4. The molecule has 0 saturated heterocycles. The zero-order valence-corrected chi connectivity index (χ0v) is 11.6. The van der Waals surface area contributed by atoms with E-state index in [-0.39, 0.29) is 5.91 Å². The molecule has 0 unspecified atom stereocenters. The van der Waals surface area contributed by atoms with Crippen LogP contribution in [0, 0.1) is 13.8 Å².